The average Bonchev–Trinajstić information content (AvgIpc) is 3.73. The first-order valence-electron chi connectivity index (χ1n) is 20.7. The largest absolute Gasteiger partial charge is 0.456 e. The Hall–Kier alpha value is -8.14. The highest BCUT2D eigenvalue weighted by molar-refractivity contribution is 6.20. The number of rotatable bonds is 6. The molecule has 0 saturated heterocycles. The van der Waals surface area contributed by atoms with E-state index in [-0.39, 0.29) is 0 Å². The van der Waals surface area contributed by atoms with Gasteiger partial charge >= 0.3 is 0 Å². The Morgan fingerprint density at radius 2 is 0.869 bits per heavy atom. The molecule has 0 unspecified atom stereocenters. The van der Waals surface area contributed by atoms with Crippen LogP contribution in [0.25, 0.3) is 122 Å². The first-order valence-corrected chi connectivity index (χ1v) is 20.7. The van der Waals surface area contributed by atoms with Crippen LogP contribution in [0.4, 0.5) is 0 Å². The maximum atomic E-state index is 6.35. The summed E-state index contributed by atoms with van der Waals surface area (Å²) < 4.78 is 6.35. The quantitative estimate of drug-likeness (QED) is 0.125. The molecule has 2 aromatic heterocycles. The number of hydrogen-bond donors (Lipinski definition) is 0. The molecule has 284 valence electrons. The van der Waals surface area contributed by atoms with E-state index in [1.807, 2.05) is 12.1 Å². The van der Waals surface area contributed by atoms with E-state index >= 15 is 0 Å². The first-order chi connectivity index (χ1) is 30.2. The first kappa shape index (κ1) is 34.9. The monoisotopic (exact) mass is 776 g/mol. The Labute approximate surface area is 352 Å². The van der Waals surface area contributed by atoms with E-state index in [0.29, 0.717) is 5.82 Å². The average molecular weight is 777 g/mol. The van der Waals surface area contributed by atoms with Crippen molar-refractivity contribution < 1.29 is 4.42 Å². The normalized spacial score (nSPS) is 11.6. The molecule has 0 fully saturated rings. The highest BCUT2D eigenvalue weighted by Crippen LogP contribution is 2.43. The summed E-state index contributed by atoms with van der Waals surface area (Å²) in [4.78, 5) is 10.8. The lowest BCUT2D eigenvalue weighted by Gasteiger charge is -2.16. The fourth-order valence-electron chi connectivity index (χ4n) is 9.29. The van der Waals surface area contributed by atoms with Gasteiger partial charge in [-0.3, -0.25) is 0 Å². The number of aromatic nitrogens is 2. The van der Waals surface area contributed by atoms with Crippen molar-refractivity contribution in [2.75, 3.05) is 0 Å². The lowest BCUT2D eigenvalue weighted by atomic mass is 9.89. The highest BCUT2D eigenvalue weighted by atomic mass is 16.3. The molecule has 0 N–H and O–H groups in total. The van der Waals surface area contributed by atoms with Gasteiger partial charge in [0.2, 0.25) is 0 Å². The summed E-state index contributed by atoms with van der Waals surface area (Å²) in [5, 5.41) is 9.63. The van der Waals surface area contributed by atoms with E-state index in [1.165, 1.54) is 37.9 Å². The number of para-hydroxylation sites is 1. The second kappa shape index (κ2) is 14.3. The molecule has 0 amide bonds. The summed E-state index contributed by atoms with van der Waals surface area (Å²) in [7, 11) is 0. The van der Waals surface area contributed by atoms with E-state index in [4.69, 9.17) is 14.4 Å². The molecule has 0 saturated carbocycles. The number of hydrogen-bond acceptors (Lipinski definition) is 3. The Kier molecular flexibility index (Phi) is 8.17. The molecule has 0 aliphatic heterocycles. The molecule has 12 rings (SSSR count). The van der Waals surface area contributed by atoms with Gasteiger partial charge in [0.25, 0.3) is 0 Å². The molecule has 10 aromatic carbocycles. The van der Waals surface area contributed by atoms with E-state index in [9.17, 15) is 0 Å². The zero-order valence-electron chi connectivity index (χ0n) is 33.1. The zero-order chi connectivity index (χ0) is 40.3. The SMILES string of the molecule is c1ccc(-c2ccccc2-c2cc(-c3ccccc3-c3cccc4oc5ccccc5c34)nc(-c3ccc(-c4c5ccccc5cc5c4ccc4ccccc45)cc3)n2)cc1. The van der Waals surface area contributed by atoms with Crippen LogP contribution in [0.2, 0.25) is 0 Å². The summed E-state index contributed by atoms with van der Waals surface area (Å²) >= 11 is 0. The fourth-order valence-corrected chi connectivity index (χ4v) is 9.29. The molecule has 12 aromatic rings. The van der Waals surface area contributed by atoms with Gasteiger partial charge in [0, 0.05) is 27.5 Å². The number of furan rings is 1. The van der Waals surface area contributed by atoms with Crippen LogP contribution in [0, 0.1) is 0 Å². The number of nitrogens with zero attached hydrogens (tertiary/aromatic N) is 2. The van der Waals surface area contributed by atoms with Gasteiger partial charge in [-0.15, -0.1) is 0 Å². The van der Waals surface area contributed by atoms with Gasteiger partial charge in [-0.1, -0.05) is 194 Å². The molecule has 0 bridgehead atoms. The van der Waals surface area contributed by atoms with Crippen molar-refractivity contribution in [2.45, 2.75) is 0 Å². The third kappa shape index (κ3) is 5.90. The molecule has 0 radical (unpaired) electrons. The van der Waals surface area contributed by atoms with Crippen molar-refractivity contribution >= 4 is 54.3 Å². The van der Waals surface area contributed by atoms with Crippen LogP contribution in [0.1, 0.15) is 0 Å². The van der Waals surface area contributed by atoms with Crippen LogP contribution in [0.5, 0.6) is 0 Å². The standard InChI is InChI=1S/C58H36N2O/c1-2-15-37(16-3-1)42-19-8-10-23-46(42)52-36-53(47-24-11-9-22-45(47)48-26-14-28-55-57(48)50-25-12-13-27-54(50)61-55)60-58(59-52)40-31-29-39(30-32-40)56-44-21-7-5-18-41(44)35-51-43-20-6-4-17-38(43)33-34-49(51)56/h1-36H. The van der Waals surface area contributed by atoms with Gasteiger partial charge < -0.3 is 4.42 Å². The van der Waals surface area contributed by atoms with Gasteiger partial charge in [0.15, 0.2) is 5.82 Å². The Morgan fingerprint density at radius 1 is 0.295 bits per heavy atom. The van der Waals surface area contributed by atoms with Crippen molar-refractivity contribution in [1.29, 1.82) is 0 Å². The van der Waals surface area contributed by atoms with Crippen molar-refractivity contribution in [3.8, 4) is 67.3 Å². The minimum Gasteiger partial charge on any atom is -0.456 e. The predicted octanol–water partition coefficient (Wildman–Crippen LogP) is 15.8. The molecule has 61 heavy (non-hydrogen) atoms. The smallest absolute Gasteiger partial charge is 0.160 e. The number of benzene rings is 10. The second-order valence-electron chi connectivity index (χ2n) is 15.6. The van der Waals surface area contributed by atoms with Crippen molar-refractivity contribution in [3.63, 3.8) is 0 Å². The molecular formula is C58H36N2O. The maximum absolute atomic E-state index is 6.35. The molecule has 0 aliphatic carbocycles. The molecular weight excluding hydrogens is 741 g/mol. The molecule has 3 heteroatoms. The van der Waals surface area contributed by atoms with Gasteiger partial charge in [-0.25, -0.2) is 9.97 Å². The van der Waals surface area contributed by atoms with Gasteiger partial charge in [0.1, 0.15) is 11.2 Å². The van der Waals surface area contributed by atoms with E-state index in [2.05, 4.69) is 206 Å². The Bertz CT molecular complexity index is 3640. The summed E-state index contributed by atoms with van der Waals surface area (Å²) in [5.41, 5.74) is 13.3. The Balaban J connectivity index is 1.06. The minimum absolute atomic E-state index is 0.664. The summed E-state index contributed by atoms with van der Waals surface area (Å²) in [6, 6.07) is 77.4. The molecule has 0 aliphatic rings. The van der Waals surface area contributed by atoms with Crippen molar-refractivity contribution in [3.05, 3.63) is 218 Å². The minimum atomic E-state index is 0.664. The van der Waals surface area contributed by atoms with Crippen LogP contribution in [-0.4, -0.2) is 9.97 Å². The summed E-state index contributed by atoms with van der Waals surface area (Å²) in [6.07, 6.45) is 0. The van der Waals surface area contributed by atoms with Gasteiger partial charge in [0.05, 0.1) is 11.4 Å². The maximum Gasteiger partial charge on any atom is 0.160 e. The van der Waals surface area contributed by atoms with E-state index < -0.39 is 0 Å². The van der Waals surface area contributed by atoms with Crippen LogP contribution >= 0.6 is 0 Å². The fraction of sp³-hybridized carbons (Fsp3) is 0. The predicted molar refractivity (Wildman–Crippen MR) is 254 cm³/mol. The van der Waals surface area contributed by atoms with E-state index in [1.54, 1.807) is 0 Å². The van der Waals surface area contributed by atoms with Crippen molar-refractivity contribution in [2.24, 2.45) is 0 Å². The topological polar surface area (TPSA) is 38.9 Å². The van der Waals surface area contributed by atoms with Crippen molar-refractivity contribution in [1.82, 2.24) is 9.97 Å². The molecule has 0 atom stereocenters. The second-order valence-corrected chi connectivity index (χ2v) is 15.6. The lowest BCUT2D eigenvalue weighted by molar-refractivity contribution is 0.669. The van der Waals surface area contributed by atoms with Crippen LogP contribution < -0.4 is 0 Å². The van der Waals surface area contributed by atoms with Gasteiger partial charge in [-0.05, 0) is 90.0 Å². The Morgan fingerprint density at radius 3 is 1.66 bits per heavy atom. The number of fused-ring (bicyclic) bond motifs is 7. The highest BCUT2D eigenvalue weighted by Gasteiger charge is 2.20. The summed E-state index contributed by atoms with van der Waals surface area (Å²) in [6.45, 7) is 0. The third-order valence-electron chi connectivity index (χ3n) is 12.1. The zero-order valence-corrected chi connectivity index (χ0v) is 33.1. The van der Waals surface area contributed by atoms with E-state index in [0.717, 1.165) is 77.8 Å². The molecule has 2 heterocycles. The van der Waals surface area contributed by atoms with Gasteiger partial charge in [-0.2, -0.15) is 0 Å². The lowest BCUT2D eigenvalue weighted by Crippen LogP contribution is -1.98. The van der Waals surface area contributed by atoms with Crippen LogP contribution in [-0.2, 0) is 0 Å². The summed E-state index contributed by atoms with van der Waals surface area (Å²) in [5.74, 6) is 0.664. The van der Waals surface area contributed by atoms with Crippen LogP contribution in [0.15, 0.2) is 223 Å². The molecule has 3 nitrogen and oxygen atoms in total. The third-order valence-corrected chi connectivity index (χ3v) is 12.1. The van der Waals surface area contributed by atoms with Crippen LogP contribution in [0.3, 0.4) is 0 Å². The molecule has 0 spiro atoms.